The third kappa shape index (κ3) is 5.89. The maximum atomic E-state index is 5.27. The minimum Gasteiger partial charge on any atom is -0.114 e. The van der Waals surface area contributed by atoms with Crippen LogP contribution < -0.4 is 0 Å². The molecule has 0 amide bonds. The minimum atomic E-state index is 0.824. The number of hydrogen-bond acceptors (Lipinski definition) is 1. The lowest BCUT2D eigenvalue weighted by Gasteiger charge is -1.81. The molecule has 0 bridgehead atoms. The van der Waals surface area contributed by atoms with Crippen LogP contribution in [0.2, 0.25) is 0 Å². The number of allylic oxidation sites excluding steroid dienone is 1. The highest BCUT2D eigenvalue weighted by Gasteiger charge is 1.70. The maximum Gasteiger partial charge on any atom is 0.108 e. The molecule has 0 aliphatic rings. The Balaban J connectivity index is 3.25. The average Bonchev–Trinajstić information content (AvgIpc) is 1.61. The van der Waals surface area contributed by atoms with E-state index in [0.717, 1.165) is 5.47 Å². The molecule has 0 saturated carbocycles. The fourth-order valence-corrected chi connectivity index (χ4v) is 0.466. The quantitative estimate of drug-likeness (QED) is 0.489. The molecule has 0 heterocycles. The van der Waals surface area contributed by atoms with Crippen molar-refractivity contribution in [1.82, 2.24) is 0 Å². The highest BCUT2D eigenvalue weighted by Crippen LogP contribution is 2.03. The van der Waals surface area contributed by atoms with Gasteiger partial charge in [0.15, 0.2) is 0 Å². The fraction of sp³-hybridized carbons (Fsp3) is 0.200. The average molecular weight is 110 g/mol. The molecule has 0 rings (SSSR count). The molecular weight excluding hydrogens is 103 g/mol. The molecule has 0 unspecified atom stereocenters. The van der Waals surface area contributed by atoms with Crippen molar-refractivity contribution >= 4 is 19.6 Å². The van der Waals surface area contributed by atoms with Crippen LogP contribution >= 0.6 is 11.8 Å². The van der Waals surface area contributed by atoms with E-state index in [1.165, 1.54) is 11.8 Å². The second-order valence-corrected chi connectivity index (χ2v) is 2.01. The second kappa shape index (κ2) is 4.06. The highest BCUT2D eigenvalue weighted by atomic mass is 32.2. The topological polar surface area (TPSA) is 0 Å². The van der Waals surface area contributed by atoms with E-state index < -0.39 is 0 Å². The van der Waals surface area contributed by atoms with Crippen molar-refractivity contribution in [1.29, 1.82) is 0 Å². The summed E-state index contributed by atoms with van der Waals surface area (Å²) in [7, 11) is 5.27. The van der Waals surface area contributed by atoms with Gasteiger partial charge in [-0.2, -0.15) is 0 Å². The molecule has 0 aromatic heterocycles. The van der Waals surface area contributed by atoms with Crippen LogP contribution in [0, 0.1) is 0 Å². The lowest BCUT2D eigenvalue weighted by molar-refractivity contribution is 1.71. The SMILES string of the molecule is [B]/C(C)=C/SC=C. The van der Waals surface area contributed by atoms with Crippen LogP contribution in [0.3, 0.4) is 0 Å². The van der Waals surface area contributed by atoms with Gasteiger partial charge in [0.25, 0.3) is 0 Å². The molecule has 0 aliphatic heterocycles. The number of hydrogen-bond donors (Lipinski definition) is 0. The van der Waals surface area contributed by atoms with Crippen molar-refractivity contribution < 1.29 is 0 Å². The Bertz CT molecular complexity index is 82.1. The van der Waals surface area contributed by atoms with Crippen molar-refractivity contribution in [2.45, 2.75) is 6.92 Å². The van der Waals surface area contributed by atoms with Gasteiger partial charge in [0.05, 0.1) is 0 Å². The Hall–Kier alpha value is -0.105. The van der Waals surface area contributed by atoms with Crippen LogP contribution in [0.15, 0.2) is 22.9 Å². The molecule has 36 valence electrons. The summed E-state index contributed by atoms with van der Waals surface area (Å²) in [6, 6.07) is 0. The first kappa shape index (κ1) is 6.89. The zero-order valence-corrected chi connectivity index (χ0v) is 5.16. The highest BCUT2D eigenvalue weighted by molar-refractivity contribution is 8.04. The Labute approximate surface area is 50.1 Å². The molecule has 0 atom stereocenters. The van der Waals surface area contributed by atoms with Gasteiger partial charge < -0.3 is 0 Å². The third-order valence-corrected chi connectivity index (χ3v) is 1.05. The molecule has 2 heteroatoms. The monoisotopic (exact) mass is 110 g/mol. The fourth-order valence-electron chi connectivity index (χ4n) is 0.155. The van der Waals surface area contributed by atoms with Crippen LogP contribution in [0.25, 0.3) is 0 Å². The Morgan fingerprint density at radius 3 is 2.57 bits per heavy atom. The Morgan fingerprint density at radius 1 is 1.86 bits per heavy atom. The van der Waals surface area contributed by atoms with Gasteiger partial charge in [-0.3, -0.25) is 0 Å². The van der Waals surface area contributed by atoms with E-state index in [9.17, 15) is 0 Å². The lowest BCUT2D eigenvalue weighted by Crippen LogP contribution is -1.63. The molecule has 0 nitrogen and oxygen atoms in total. The molecule has 0 aliphatic carbocycles. The van der Waals surface area contributed by atoms with Crippen molar-refractivity contribution in [3.05, 3.63) is 22.9 Å². The Morgan fingerprint density at radius 2 is 2.43 bits per heavy atom. The Kier molecular flexibility index (Phi) is 4.00. The van der Waals surface area contributed by atoms with Crippen LogP contribution in [0.4, 0.5) is 0 Å². The summed E-state index contributed by atoms with van der Waals surface area (Å²) in [5.41, 5.74) is 0.824. The third-order valence-electron chi connectivity index (χ3n) is 0.350. The smallest absolute Gasteiger partial charge is 0.108 e. The second-order valence-electron chi connectivity index (χ2n) is 1.16. The number of rotatable bonds is 2. The molecule has 7 heavy (non-hydrogen) atoms. The summed E-state index contributed by atoms with van der Waals surface area (Å²) in [4.78, 5) is 0. The first-order valence-corrected chi connectivity index (χ1v) is 2.90. The van der Waals surface area contributed by atoms with E-state index in [1.54, 1.807) is 5.41 Å². The minimum absolute atomic E-state index is 0.824. The largest absolute Gasteiger partial charge is 0.114 e. The lowest BCUT2D eigenvalue weighted by atomic mass is 10.0. The molecule has 0 aromatic carbocycles. The maximum absolute atomic E-state index is 5.27. The van der Waals surface area contributed by atoms with Crippen molar-refractivity contribution in [3.8, 4) is 0 Å². The predicted octanol–water partition coefficient (Wildman–Crippen LogP) is 1.89. The van der Waals surface area contributed by atoms with Gasteiger partial charge in [0, 0.05) is 0 Å². The van der Waals surface area contributed by atoms with Gasteiger partial charge in [-0.15, -0.1) is 17.2 Å². The summed E-state index contributed by atoms with van der Waals surface area (Å²) in [6.45, 7) is 5.34. The van der Waals surface area contributed by atoms with Crippen LogP contribution in [0.5, 0.6) is 0 Å². The molecule has 0 fully saturated rings. The van der Waals surface area contributed by atoms with E-state index in [4.69, 9.17) is 7.85 Å². The molecule has 0 N–H and O–H groups in total. The van der Waals surface area contributed by atoms with Crippen molar-refractivity contribution in [3.63, 3.8) is 0 Å². The van der Waals surface area contributed by atoms with Gasteiger partial charge in [-0.25, -0.2) is 0 Å². The first-order chi connectivity index (χ1) is 3.27. The van der Waals surface area contributed by atoms with Crippen LogP contribution in [0.1, 0.15) is 6.92 Å². The van der Waals surface area contributed by atoms with E-state index in [2.05, 4.69) is 6.58 Å². The van der Waals surface area contributed by atoms with Crippen LogP contribution in [-0.4, -0.2) is 7.85 Å². The zero-order valence-electron chi connectivity index (χ0n) is 4.35. The van der Waals surface area contributed by atoms with Crippen LogP contribution in [-0.2, 0) is 0 Å². The van der Waals surface area contributed by atoms with Gasteiger partial charge in [-0.05, 0) is 10.8 Å². The van der Waals surface area contributed by atoms with Gasteiger partial charge in [0.1, 0.15) is 7.85 Å². The van der Waals surface area contributed by atoms with E-state index in [-0.39, 0.29) is 0 Å². The van der Waals surface area contributed by atoms with Gasteiger partial charge >= 0.3 is 0 Å². The summed E-state index contributed by atoms with van der Waals surface area (Å²) in [6.07, 6.45) is 0. The summed E-state index contributed by atoms with van der Waals surface area (Å²) >= 11 is 1.49. The summed E-state index contributed by atoms with van der Waals surface area (Å²) < 4.78 is 0. The summed E-state index contributed by atoms with van der Waals surface area (Å²) in [5.74, 6) is 0. The molecule has 0 aromatic rings. The predicted molar refractivity (Wildman–Crippen MR) is 37.3 cm³/mol. The van der Waals surface area contributed by atoms with Crippen molar-refractivity contribution in [2.75, 3.05) is 0 Å². The number of thioether (sulfide) groups is 1. The van der Waals surface area contributed by atoms with E-state index >= 15 is 0 Å². The normalized spacial score (nSPS) is 11.3. The summed E-state index contributed by atoms with van der Waals surface area (Å²) in [5, 5.41) is 3.57. The van der Waals surface area contributed by atoms with E-state index in [1.807, 2.05) is 12.3 Å². The standard InChI is InChI=1S/C5H7BS/c1-3-7-4-5(2)6/h3-4H,1H2,2H3/b5-4+. The van der Waals surface area contributed by atoms with Gasteiger partial charge in [-0.1, -0.05) is 13.5 Å². The zero-order chi connectivity index (χ0) is 5.70. The molecule has 0 saturated heterocycles. The van der Waals surface area contributed by atoms with Gasteiger partial charge in [0.2, 0.25) is 0 Å². The molecular formula is C5H7BS. The first-order valence-electron chi connectivity index (χ1n) is 1.96. The molecule has 0 spiro atoms. The molecule has 2 radical (unpaired) electrons. The van der Waals surface area contributed by atoms with E-state index in [0.29, 0.717) is 0 Å². The van der Waals surface area contributed by atoms with Crippen molar-refractivity contribution in [2.24, 2.45) is 0 Å².